The smallest absolute Gasteiger partial charge is 0.339 e. The zero-order valence-electron chi connectivity index (χ0n) is 12.5. The number of hydrogen-bond donors (Lipinski definition) is 2. The van der Waals surface area contributed by atoms with E-state index in [1.54, 1.807) is 20.8 Å². The van der Waals surface area contributed by atoms with Crippen molar-refractivity contribution in [2.75, 3.05) is 0 Å². The first kappa shape index (κ1) is 15.3. The summed E-state index contributed by atoms with van der Waals surface area (Å²) < 4.78 is 17.3. The number of carbonyl (C=O) groups is 1. The number of nitrogens with zero attached hydrogens (tertiary/aromatic N) is 2. The summed E-state index contributed by atoms with van der Waals surface area (Å²) in [5.41, 5.74) is 0.0315. The van der Waals surface area contributed by atoms with Crippen LogP contribution in [0.25, 0.3) is 0 Å². The van der Waals surface area contributed by atoms with Gasteiger partial charge >= 0.3 is 5.97 Å². The normalized spacial score (nSPS) is 36.8. The van der Waals surface area contributed by atoms with E-state index >= 15 is 0 Å². The van der Waals surface area contributed by atoms with Crippen molar-refractivity contribution in [1.82, 2.24) is 9.97 Å². The maximum absolute atomic E-state index is 11.3. The molecule has 1 aromatic heterocycles. The SMILES string of the molecule is C[C@H]1O[C@@H](c2ncncc2C(=O)O)[C@H](O)[C@H]2OC(C)(C)O[C@H]21. The van der Waals surface area contributed by atoms with Crippen molar-refractivity contribution in [2.45, 2.75) is 57.1 Å². The van der Waals surface area contributed by atoms with Crippen LogP contribution in [0.2, 0.25) is 0 Å². The number of ether oxygens (including phenoxy) is 3. The fourth-order valence-electron chi connectivity index (χ4n) is 2.96. The molecule has 0 radical (unpaired) electrons. The Bertz CT molecular complexity index is 592. The van der Waals surface area contributed by atoms with Gasteiger partial charge in [0.2, 0.25) is 0 Å². The third kappa shape index (κ3) is 2.48. The number of fused-ring (bicyclic) bond motifs is 1. The van der Waals surface area contributed by atoms with Crippen LogP contribution in [0, 0.1) is 0 Å². The second kappa shape index (κ2) is 5.24. The maximum Gasteiger partial charge on any atom is 0.339 e. The van der Waals surface area contributed by atoms with Gasteiger partial charge in [0.15, 0.2) is 5.79 Å². The van der Waals surface area contributed by atoms with Crippen LogP contribution in [0.4, 0.5) is 0 Å². The molecule has 2 saturated heterocycles. The maximum atomic E-state index is 11.3. The largest absolute Gasteiger partial charge is 0.478 e. The van der Waals surface area contributed by atoms with E-state index in [0.29, 0.717) is 0 Å². The van der Waals surface area contributed by atoms with E-state index in [1.165, 1.54) is 12.5 Å². The van der Waals surface area contributed by atoms with E-state index in [0.717, 1.165) is 0 Å². The first-order valence-electron chi connectivity index (χ1n) is 7.02. The Hall–Kier alpha value is -1.61. The predicted molar refractivity (Wildman–Crippen MR) is 72.1 cm³/mol. The average molecular weight is 310 g/mol. The molecule has 0 bridgehead atoms. The van der Waals surface area contributed by atoms with E-state index in [1.807, 2.05) is 0 Å². The van der Waals surface area contributed by atoms with Crippen molar-refractivity contribution >= 4 is 5.97 Å². The third-order valence-electron chi connectivity index (χ3n) is 3.88. The Morgan fingerprint density at radius 1 is 1.32 bits per heavy atom. The molecule has 2 aliphatic heterocycles. The molecule has 3 heterocycles. The Balaban J connectivity index is 1.95. The molecule has 0 amide bonds. The second-order valence-corrected chi connectivity index (χ2v) is 5.94. The summed E-state index contributed by atoms with van der Waals surface area (Å²) in [6, 6.07) is 0. The number of aromatic nitrogens is 2. The van der Waals surface area contributed by atoms with Crippen molar-refractivity contribution in [3.63, 3.8) is 0 Å². The lowest BCUT2D eigenvalue weighted by molar-refractivity contribution is -0.185. The summed E-state index contributed by atoms with van der Waals surface area (Å²) in [6.45, 7) is 5.31. The summed E-state index contributed by atoms with van der Waals surface area (Å²) in [4.78, 5) is 19.0. The summed E-state index contributed by atoms with van der Waals surface area (Å²) >= 11 is 0. The highest BCUT2D eigenvalue weighted by atomic mass is 16.8. The van der Waals surface area contributed by atoms with Crippen LogP contribution in [0.5, 0.6) is 0 Å². The lowest BCUT2D eigenvalue weighted by atomic mass is 9.92. The highest BCUT2D eigenvalue weighted by molar-refractivity contribution is 5.88. The van der Waals surface area contributed by atoms with Crippen molar-refractivity contribution < 1.29 is 29.2 Å². The number of carboxylic acids is 1. The minimum absolute atomic E-state index is 0.102. The summed E-state index contributed by atoms with van der Waals surface area (Å²) in [6.07, 6.45) is -0.995. The summed E-state index contributed by atoms with van der Waals surface area (Å²) in [5.74, 6) is -2.01. The molecular weight excluding hydrogens is 292 g/mol. The molecule has 8 nitrogen and oxygen atoms in total. The minimum Gasteiger partial charge on any atom is -0.478 e. The molecule has 5 atom stereocenters. The number of hydrogen-bond acceptors (Lipinski definition) is 7. The molecular formula is C14H18N2O6. The van der Waals surface area contributed by atoms with E-state index in [9.17, 15) is 15.0 Å². The van der Waals surface area contributed by atoms with E-state index in [4.69, 9.17) is 14.2 Å². The van der Waals surface area contributed by atoms with Gasteiger partial charge in [-0.3, -0.25) is 0 Å². The minimum atomic E-state index is -1.18. The van der Waals surface area contributed by atoms with E-state index in [2.05, 4.69) is 9.97 Å². The Kier molecular flexibility index (Phi) is 3.64. The van der Waals surface area contributed by atoms with Crippen LogP contribution in [-0.2, 0) is 14.2 Å². The van der Waals surface area contributed by atoms with Crippen LogP contribution in [0.15, 0.2) is 12.5 Å². The third-order valence-corrected chi connectivity index (χ3v) is 3.88. The molecule has 1 aromatic rings. The van der Waals surface area contributed by atoms with Gasteiger partial charge in [-0.2, -0.15) is 0 Å². The van der Waals surface area contributed by atoms with Gasteiger partial charge in [0.05, 0.1) is 11.8 Å². The topological polar surface area (TPSA) is 111 Å². The first-order chi connectivity index (χ1) is 10.3. The van der Waals surface area contributed by atoms with Gasteiger partial charge < -0.3 is 24.4 Å². The molecule has 2 fully saturated rings. The Morgan fingerprint density at radius 3 is 2.68 bits per heavy atom. The lowest BCUT2D eigenvalue weighted by Crippen LogP contribution is -2.52. The molecule has 3 rings (SSSR count). The van der Waals surface area contributed by atoms with Crippen molar-refractivity contribution in [2.24, 2.45) is 0 Å². The quantitative estimate of drug-likeness (QED) is 0.813. The van der Waals surface area contributed by atoms with Crippen molar-refractivity contribution in [1.29, 1.82) is 0 Å². The average Bonchev–Trinajstić information content (AvgIpc) is 2.79. The molecule has 8 heteroatoms. The fraction of sp³-hybridized carbons (Fsp3) is 0.643. The standard InChI is InChI=1S/C14H18N2O6/c1-6-10-12(22-14(2,3)21-10)9(17)11(20-6)8-7(13(18)19)4-15-5-16-8/h4-6,9-12,17H,1-3H3,(H,18,19)/t6-,9+,10+,11+,12-/m1/s1. The highest BCUT2D eigenvalue weighted by Gasteiger charge is 2.54. The van der Waals surface area contributed by atoms with Crippen molar-refractivity contribution in [3.8, 4) is 0 Å². The monoisotopic (exact) mass is 310 g/mol. The van der Waals surface area contributed by atoms with Crippen molar-refractivity contribution in [3.05, 3.63) is 23.8 Å². The number of carboxylic acid groups (broad SMARTS) is 1. The number of aliphatic hydroxyl groups is 1. The lowest BCUT2D eigenvalue weighted by Gasteiger charge is -2.38. The van der Waals surface area contributed by atoms with Crippen LogP contribution in [0.1, 0.15) is 42.9 Å². The van der Waals surface area contributed by atoms with Crippen LogP contribution in [-0.4, -0.2) is 56.4 Å². The zero-order chi connectivity index (χ0) is 16.1. The van der Waals surface area contributed by atoms with Crippen LogP contribution in [0.3, 0.4) is 0 Å². The summed E-state index contributed by atoms with van der Waals surface area (Å²) in [5, 5.41) is 19.8. The van der Waals surface area contributed by atoms with Crippen LogP contribution < -0.4 is 0 Å². The zero-order valence-corrected chi connectivity index (χ0v) is 12.5. The van der Waals surface area contributed by atoms with Gasteiger partial charge in [0.1, 0.15) is 36.3 Å². The molecule has 120 valence electrons. The molecule has 22 heavy (non-hydrogen) atoms. The molecule has 0 unspecified atom stereocenters. The van der Waals surface area contributed by atoms with Gasteiger partial charge in [-0.05, 0) is 20.8 Å². The van der Waals surface area contributed by atoms with Gasteiger partial charge in [-0.25, -0.2) is 14.8 Å². The molecule has 0 saturated carbocycles. The second-order valence-electron chi connectivity index (χ2n) is 5.94. The van der Waals surface area contributed by atoms with Gasteiger partial charge in [-0.1, -0.05) is 0 Å². The molecule has 2 N–H and O–H groups in total. The molecule has 2 aliphatic rings. The first-order valence-corrected chi connectivity index (χ1v) is 7.02. The fourth-order valence-corrected chi connectivity index (χ4v) is 2.96. The molecule has 0 aromatic carbocycles. The predicted octanol–water partition coefficient (Wildman–Crippen LogP) is 0.516. The number of rotatable bonds is 2. The molecule has 0 aliphatic carbocycles. The van der Waals surface area contributed by atoms with Crippen LogP contribution >= 0.6 is 0 Å². The van der Waals surface area contributed by atoms with Gasteiger partial charge in [0.25, 0.3) is 0 Å². The van der Waals surface area contributed by atoms with E-state index in [-0.39, 0.29) is 17.4 Å². The Labute approximate surface area is 127 Å². The Morgan fingerprint density at radius 2 is 2.00 bits per heavy atom. The van der Waals surface area contributed by atoms with E-state index < -0.39 is 36.2 Å². The number of aliphatic hydroxyl groups excluding tert-OH is 1. The summed E-state index contributed by atoms with van der Waals surface area (Å²) in [7, 11) is 0. The number of aromatic carboxylic acids is 1. The van der Waals surface area contributed by atoms with Gasteiger partial charge in [0, 0.05) is 6.20 Å². The molecule has 0 spiro atoms. The highest BCUT2D eigenvalue weighted by Crippen LogP contribution is 2.42. The van der Waals surface area contributed by atoms with Gasteiger partial charge in [-0.15, -0.1) is 0 Å².